The zero-order chi connectivity index (χ0) is 20.1. The Hall–Kier alpha value is -2.73. The summed E-state index contributed by atoms with van der Waals surface area (Å²) >= 11 is 0. The Kier molecular flexibility index (Phi) is 6.20. The summed E-state index contributed by atoms with van der Waals surface area (Å²) in [5.74, 6) is 2.19. The Balaban J connectivity index is 1.33. The molecular weight excluding hydrogens is 370 g/mol. The normalized spacial score (nSPS) is 20.3. The molecule has 1 saturated heterocycles. The number of rotatable bonds is 7. The van der Waals surface area contributed by atoms with E-state index >= 15 is 0 Å². The molecule has 2 heterocycles. The number of amides is 1. The van der Waals surface area contributed by atoms with E-state index in [9.17, 15) is 4.79 Å². The minimum atomic E-state index is -0.192. The monoisotopic (exact) mass is 397 g/mol. The second-order valence-corrected chi connectivity index (χ2v) is 7.31. The van der Waals surface area contributed by atoms with Gasteiger partial charge in [-0.05, 0) is 56.2 Å². The van der Waals surface area contributed by atoms with Crippen LogP contribution < -0.4 is 14.2 Å². The number of benzene rings is 2. The molecule has 29 heavy (non-hydrogen) atoms. The summed E-state index contributed by atoms with van der Waals surface area (Å²) in [6.45, 7) is 4.83. The molecule has 2 atom stereocenters. The fourth-order valence-corrected chi connectivity index (χ4v) is 3.60. The van der Waals surface area contributed by atoms with Crippen molar-refractivity contribution in [3.63, 3.8) is 0 Å². The number of fused-ring (bicyclic) bond motifs is 1. The molecule has 0 N–H and O–H groups in total. The first-order chi connectivity index (χ1) is 14.2. The molecule has 4 rings (SSSR count). The molecule has 2 aliphatic rings. The molecule has 2 aliphatic heterocycles. The first-order valence-corrected chi connectivity index (χ1v) is 10.2. The summed E-state index contributed by atoms with van der Waals surface area (Å²) in [5.41, 5.74) is 0.633. The van der Waals surface area contributed by atoms with Crippen molar-refractivity contribution in [1.29, 1.82) is 0 Å². The minimum Gasteiger partial charge on any atom is -0.491 e. The van der Waals surface area contributed by atoms with E-state index in [4.69, 9.17) is 18.9 Å². The van der Waals surface area contributed by atoms with Gasteiger partial charge in [-0.1, -0.05) is 12.1 Å². The zero-order valence-electron chi connectivity index (χ0n) is 16.7. The molecule has 2 aromatic carbocycles. The lowest BCUT2D eigenvalue weighted by Gasteiger charge is -2.31. The van der Waals surface area contributed by atoms with E-state index in [0.29, 0.717) is 31.9 Å². The van der Waals surface area contributed by atoms with Crippen molar-refractivity contribution in [2.24, 2.45) is 0 Å². The number of hydrogen-bond acceptors (Lipinski definition) is 5. The Labute approximate surface area is 171 Å². The van der Waals surface area contributed by atoms with E-state index in [1.165, 1.54) is 0 Å². The maximum absolute atomic E-state index is 12.9. The van der Waals surface area contributed by atoms with Crippen LogP contribution in [0.5, 0.6) is 17.2 Å². The van der Waals surface area contributed by atoms with Gasteiger partial charge in [0.2, 0.25) is 0 Å². The lowest BCUT2D eigenvalue weighted by atomic mass is 10.1. The molecule has 2 aromatic rings. The van der Waals surface area contributed by atoms with Gasteiger partial charge in [-0.3, -0.25) is 4.79 Å². The first-order valence-electron chi connectivity index (χ1n) is 10.2. The maximum Gasteiger partial charge on any atom is 0.253 e. The van der Waals surface area contributed by atoms with Gasteiger partial charge in [0, 0.05) is 18.7 Å². The molecule has 1 amide bonds. The largest absolute Gasteiger partial charge is 0.491 e. The van der Waals surface area contributed by atoms with Gasteiger partial charge in [-0.15, -0.1) is 0 Å². The molecule has 0 aliphatic carbocycles. The predicted octanol–water partition coefficient (Wildman–Crippen LogP) is 3.55. The molecule has 154 valence electrons. The van der Waals surface area contributed by atoms with Crippen LogP contribution in [-0.2, 0) is 4.74 Å². The van der Waals surface area contributed by atoms with Crippen LogP contribution in [0.25, 0.3) is 0 Å². The van der Waals surface area contributed by atoms with E-state index in [2.05, 4.69) is 0 Å². The summed E-state index contributed by atoms with van der Waals surface area (Å²) in [6, 6.07) is 14.9. The van der Waals surface area contributed by atoms with Crippen LogP contribution >= 0.6 is 0 Å². The van der Waals surface area contributed by atoms with Crippen LogP contribution in [0.15, 0.2) is 48.5 Å². The summed E-state index contributed by atoms with van der Waals surface area (Å²) in [6.07, 6.45) is 2.12. The molecule has 6 heteroatoms. The van der Waals surface area contributed by atoms with E-state index in [1.807, 2.05) is 55.5 Å². The number of nitrogens with zero attached hydrogens (tertiary/aromatic N) is 1. The van der Waals surface area contributed by atoms with E-state index in [1.54, 1.807) is 4.90 Å². The van der Waals surface area contributed by atoms with Gasteiger partial charge in [0.1, 0.15) is 19.0 Å². The third-order valence-corrected chi connectivity index (χ3v) is 5.22. The van der Waals surface area contributed by atoms with Crippen molar-refractivity contribution >= 4 is 5.91 Å². The van der Waals surface area contributed by atoms with Crippen molar-refractivity contribution in [3.8, 4) is 17.2 Å². The fourth-order valence-electron chi connectivity index (χ4n) is 3.60. The van der Waals surface area contributed by atoms with Gasteiger partial charge in [-0.2, -0.15) is 0 Å². The van der Waals surface area contributed by atoms with Gasteiger partial charge < -0.3 is 23.8 Å². The second-order valence-electron chi connectivity index (χ2n) is 7.31. The molecule has 0 radical (unpaired) electrons. The fraction of sp³-hybridized carbons (Fsp3) is 0.435. The predicted molar refractivity (Wildman–Crippen MR) is 109 cm³/mol. The second kappa shape index (κ2) is 9.18. The highest BCUT2D eigenvalue weighted by Crippen LogP contribution is 2.31. The topological polar surface area (TPSA) is 57.2 Å². The lowest BCUT2D eigenvalue weighted by molar-refractivity contribution is 0.0474. The molecule has 0 saturated carbocycles. The number of likely N-dealkylation sites (N-methyl/N-ethyl adjacent to an activating group) is 1. The van der Waals surface area contributed by atoms with E-state index in [-0.39, 0.29) is 18.1 Å². The number of para-hydroxylation sites is 2. The first kappa shape index (κ1) is 19.6. The van der Waals surface area contributed by atoms with Crippen molar-refractivity contribution in [3.05, 3.63) is 54.1 Å². The molecule has 2 unspecified atom stereocenters. The number of hydrogen-bond donors (Lipinski definition) is 0. The van der Waals surface area contributed by atoms with Crippen LogP contribution in [0.2, 0.25) is 0 Å². The van der Waals surface area contributed by atoms with Crippen LogP contribution in [0.3, 0.4) is 0 Å². The summed E-state index contributed by atoms with van der Waals surface area (Å²) in [7, 11) is 0. The smallest absolute Gasteiger partial charge is 0.253 e. The van der Waals surface area contributed by atoms with Gasteiger partial charge in [0.25, 0.3) is 5.91 Å². The molecule has 0 spiro atoms. The standard InChI is InChI=1S/C23H27NO5/c1-2-24(14-20-16-28-21-7-3-4-8-22(21)29-20)23(25)17-9-11-18(12-10-17)27-15-19-6-5-13-26-19/h3-4,7-12,19-20H,2,5-6,13-16H2,1H3. The van der Waals surface area contributed by atoms with Crippen molar-refractivity contribution < 1.29 is 23.7 Å². The average molecular weight is 397 g/mol. The molecule has 0 aromatic heterocycles. The minimum absolute atomic E-state index is 0.0272. The number of carbonyl (C=O) groups is 1. The summed E-state index contributed by atoms with van der Waals surface area (Å²) in [5, 5.41) is 0. The van der Waals surface area contributed by atoms with Crippen molar-refractivity contribution in [1.82, 2.24) is 4.90 Å². The number of ether oxygens (including phenoxy) is 4. The highest BCUT2D eigenvalue weighted by molar-refractivity contribution is 5.94. The molecule has 6 nitrogen and oxygen atoms in total. The Morgan fingerprint density at radius 3 is 2.62 bits per heavy atom. The van der Waals surface area contributed by atoms with Crippen LogP contribution in [0.1, 0.15) is 30.1 Å². The highest BCUT2D eigenvalue weighted by atomic mass is 16.6. The van der Waals surface area contributed by atoms with Crippen molar-refractivity contribution in [2.45, 2.75) is 32.0 Å². The van der Waals surface area contributed by atoms with E-state index in [0.717, 1.165) is 36.7 Å². The lowest BCUT2D eigenvalue weighted by Crippen LogP contribution is -2.43. The third kappa shape index (κ3) is 4.82. The third-order valence-electron chi connectivity index (χ3n) is 5.22. The Morgan fingerprint density at radius 1 is 1.10 bits per heavy atom. The highest BCUT2D eigenvalue weighted by Gasteiger charge is 2.25. The van der Waals surface area contributed by atoms with Crippen LogP contribution in [-0.4, -0.2) is 55.9 Å². The zero-order valence-corrected chi connectivity index (χ0v) is 16.7. The average Bonchev–Trinajstić information content (AvgIpc) is 3.29. The maximum atomic E-state index is 12.9. The van der Waals surface area contributed by atoms with Crippen molar-refractivity contribution in [2.75, 3.05) is 32.9 Å². The van der Waals surface area contributed by atoms with Gasteiger partial charge in [-0.25, -0.2) is 0 Å². The quantitative estimate of drug-likeness (QED) is 0.715. The Bertz CT molecular complexity index is 816. The van der Waals surface area contributed by atoms with Crippen LogP contribution in [0, 0.1) is 0 Å². The summed E-state index contributed by atoms with van der Waals surface area (Å²) < 4.78 is 23.1. The Morgan fingerprint density at radius 2 is 1.90 bits per heavy atom. The van der Waals surface area contributed by atoms with Gasteiger partial charge in [0.05, 0.1) is 12.6 Å². The van der Waals surface area contributed by atoms with Crippen LogP contribution in [0.4, 0.5) is 0 Å². The molecular formula is C23H27NO5. The van der Waals surface area contributed by atoms with Gasteiger partial charge >= 0.3 is 0 Å². The van der Waals surface area contributed by atoms with E-state index < -0.39 is 0 Å². The molecule has 1 fully saturated rings. The molecule has 0 bridgehead atoms. The number of carbonyl (C=O) groups excluding carboxylic acids is 1. The SMILES string of the molecule is CCN(CC1COc2ccccc2O1)C(=O)c1ccc(OCC2CCCO2)cc1. The van der Waals surface area contributed by atoms with Gasteiger partial charge in [0.15, 0.2) is 17.6 Å². The summed E-state index contributed by atoms with van der Waals surface area (Å²) in [4.78, 5) is 14.7.